The topological polar surface area (TPSA) is 74.2 Å². The summed E-state index contributed by atoms with van der Waals surface area (Å²) in [5.41, 5.74) is 2.13. The number of urea groups is 1. The maximum atomic E-state index is 11.9. The van der Waals surface area contributed by atoms with Gasteiger partial charge in [0.15, 0.2) is 0 Å². The molecule has 1 aromatic heterocycles. The van der Waals surface area contributed by atoms with Gasteiger partial charge in [-0.3, -0.25) is 0 Å². The van der Waals surface area contributed by atoms with Gasteiger partial charge in [-0.15, -0.1) is 0 Å². The van der Waals surface area contributed by atoms with Crippen LogP contribution in [0.25, 0.3) is 0 Å². The molecular formula is C18H22ClN3O2. The molecule has 0 aliphatic rings. The average molecular weight is 348 g/mol. The van der Waals surface area contributed by atoms with Crippen LogP contribution < -0.4 is 10.6 Å². The van der Waals surface area contributed by atoms with Crippen LogP contribution in [0.1, 0.15) is 23.5 Å². The molecule has 6 heteroatoms. The molecule has 0 saturated carbocycles. The largest absolute Gasteiger partial charge is 0.396 e. The highest BCUT2D eigenvalue weighted by Crippen LogP contribution is 2.17. The number of hydrogen-bond donors (Lipinski definition) is 3. The Bertz CT molecular complexity index is 620. The molecule has 0 fully saturated rings. The van der Waals surface area contributed by atoms with Crippen LogP contribution in [0.3, 0.4) is 0 Å². The van der Waals surface area contributed by atoms with Gasteiger partial charge < -0.3 is 15.7 Å². The zero-order valence-electron chi connectivity index (χ0n) is 13.4. The molecule has 2 rings (SSSR count). The number of aromatic nitrogens is 1. The summed E-state index contributed by atoms with van der Waals surface area (Å²) in [5.74, 6) is 0.0995. The molecule has 24 heavy (non-hydrogen) atoms. The Kier molecular flexibility index (Phi) is 7.52. The summed E-state index contributed by atoms with van der Waals surface area (Å²) in [6, 6.07) is 13.3. The normalized spacial score (nSPS) is 11.8. The van der Waals surface area contributed by atoms with E-state index in [1.54, 1.807) is 12.3 Å². The molecule has 0 bridgehead atoms. The molecule has 2 aromatic rings. The van der Waals surface area contributed by atoms with Crippen LogP contribution in [0, 0.1) is 0 Å². The Morgan fingerprint density at radius 1 is 1.17 bits per heavy atom. The molecule has 1 atom stereocenters. The van der Waals surface area contributed by atoms with Gasteiger partial charge in [0.05, 0.1) is 0 Å². The van der Waals surface area contributed by atoms with E-state index in [0.717, 1.165) is 11.1 Å². The zero-order valence-corrected chi connectivity index (χ0v) is 14.2. The number of carbonyl (C=O) groups excluding carboxylic acids is 1. The molecule has 0 aliphatic carbocycles. The summed E-state index contributed by atoms with van der Waals surface area (Å²) >= 11 is 5.73. The van der Waals surface area contributed by atoms with E-state index in [4.69, 9.17) is 11.6 Å². The van der Waals surface area contributed by atoms with E-state index >= 15 is 0 Å². The number of aliphatic hydroxyl groups excluding tert-OH is 1. The molecule has 128 valence electrons. The molecule has 2 amide bonds. The first-order valence-electron chi connectivity index (χ1n) is 7.97. The summed E-state index contributed by atoms with van der Waals surface area (Å²) < 4.78 is 0. The first-order valence-corrected chi connectivity index (χ1v) is 8.34. The number of hydrogen-bond acceptors (Lipinski definition) is 3. The molecule has 1 heterocycles. The Morgan fingerprint density at radius 3 is 2.62 bits per heavy atom. The van der Waals surface area contributed by atoms with Crippen molar-refractivity contribution in [1.82, 2.24) is 15.6 Å². The van der Waals surface area contributed by atoms with E-state index < -0.39 is 0 Å². The third kappa shape index (κ3) is 6.18. The summed E-state index contributed by atoms with van der Waals surface area (Å²) in [6.07, 6.45) is 3.01. The lowest BCUT2D eigenvalue weighted by atomic mass is 9.96. The number of benzene rings is 1. The van der Waals surface area contributed by atoms with Crippen LogP contribution in [-0.2, 0) is 6.42 Å². The van der Waals surface area contributed by atoms with Crippen LogP contribution in [-0.4, -0.2) is 35.8 Å². The van der Waals surface area contributed by atoms with Gasteiger partial charge in [0, 0.05) is 31.8 Å². The second-order valence-electron chi connectivity index (χ2n) is 5.50. The van der Waals surface area contributed by atoms with Crippen molar-refractivity contribution in [3.63, 3.8) is 0 Å². The number of pyridine rings is 1. The third-order valence-corrected chi connectivity index (χ3v) is 3.97. The predicted molar refractivity (Wildman–Crippen MR) is 95.2 cm³/mol. The van der Waals surface area contributed by atoms with Gasteiger partial charge in [-0.2, -0.15) is 0 Å². The van der Waals surface area contributed by atoms with Crippen LogP contribution in [0.15, 0.2) is 48.7 Å². The Labute approximate surface area is 147 Å². The molecule has 3 N–H and O–H groups in total. The fourth-order valence-electron chi connectivity index (χ4n) is 2.42. The Hall–Kier alpha value is -2.11. The van der Waals surface area contributed by atoms with E-state index in [0.29, 0.717) is 31.1 Å². The Morgan fingerprint density at radius 2 is 1.96 bits per heavy atom. The summed E-state index contributed by atoms with van der Waals surface area (Å²) in [4.78, 5) is 15.9. The predicted octanol–water partition coefficient (Wildman–Crippen LogP) is 2.74. The van der Waals surface area contributed by atoms with E-state index in [1.807, 2.05) is 36.4 Å². The highest BCUT2D eigenvalue weighted by atomic mass is 35.5. The SMILES string of the molecule is O=C(NCCc1ccc(Cl)nc1)NCC(CCO)c1ccccc1. The van der Waals surface area contributed by atoms with Gasteiger partial charge in [-0.1, -0.05) is 48.0 Å². The number of aliphatic hydroxyl groups is 1. The van der Waals surface area contributed by atoms with Crippen molar-refractivity contribution in [3.05, 3.63) is 64.9 Å². The zero-order chi connectivity index (χ0) is 17.2. The fourth-order valence-corrected chi connectivity index (χ4v) is 2.53. The maximum absolute atomic E-state index is 11.9. The van der Waals surface area contributed by atoms with Crippen molar-refractivity contribution in [2.24, 2.45) is 0 Å². The Balaban J connectivity index is 1.73. The molecule has 0 aliphatic heterocycles. The standard InChI is InChI=1S/C18H22ClN3O2/c19-17-7-6-14(12-21-17)8-10-20-18(24)22-13-16(9-11-23)15-4-2-1-3-5-15/h1-7,12,16,23H,8-11,13H2,(H2,20,22,24). The number of amides is 2. The fraction of sp³-hybridized carbons (Fsp3) is 0.333. The van der Waals surface area contributed by atoms with Gasteiger partial charge in [0.2, 0.25) is 0 Å². The molecule has 1 aromatic carbocycles. The lowest BCUT2D eigenvalue weighted by Crippen LogP contribution is -2.38. The molecule has 0 spiro atoms. The number of nitrogens with one attached hydrogen (secondary N) is 2. The van der Waals surface area contributed by atoms with Gasteiger partial charge in [0.1, 0.15) is 5.15 Å². The number of rotatable bonds is 8. The number of nitrogens with zero attached hydrogens (tertiary/aromatic N) is 1. The molecule has 1 unspecified atom stereocenters. The highest BCUT2D eigenvalue weighted by Gasteiger charge is 2.12. The van der Waals surface area contributed by atoms with Crippen LogP contribution in [0.4, 0.5) is 4.79 Å². The maximum Gasteiger partial charge on any atom is 0.314 e. The number of carbonyl (C=O) groups is 1. The van der Waals surface area contributed by atoms with E-state index in [1.165, 1.54) is 0 Å². The van der Waals surface area contributed by atoms with Crippen molar-refractivity contribution < 1.29 is 9.90 Å². The first-order chi connectivity index (χ1) is 11.7. The van der Waals surface area contributed by atoms with E-state index in [-0.39, 0.29) is 18.6 Å². The first kappa shape index (κ1) is 18.2. The highest BCUT2D eigenvalue weighted by molar-refractivity contribution is 6.29. The van der Waals surface area contributed by atoms with Crippen molar-refractivity contribution in [1.29, 1.82) is 0 Å². The van der Waals surface area contributed by atoms with Gasteiger partial charge in [-0.05, 0) is 30.0 Å². The minimum Gasteiger partial charge on any atom is -0.396 e. The van der Waals surface area contributed by atoms with Crippen LogP contribution >= 0.6 is 11.6 Å². The minimum absolute atomic E-state index is 0.0897. The average Bonchev–Trinajstić information content (AvgIpc) is 2.61. The van der Waals surface area contributed by atoms with Gasteiger partial charge in [-0.25, -0.2) is 9.78 Å². The molecule has 5 nitrogen and oxygen atoms in total. The van der Waals surface area contributed by atoms with Crippen LogP contribution in [0.5, 0.6) is 0 Å². The second-order valence-corrected chi connectivity index (χ2v) is 5.88. The van der Waals surface area contributed by atoms with Crippen molar-refractivity contribution >= 4 is 17.6 Å². The molecule has 0 saturated heterocycles. The van der Waals surface area contributed by atoms with Crippen molar-refractivity contribution in [3.8, 4) is 0 Å². The lowest BCUT2D eigenvalue weighted by molar-refractivity contribution is 0.237. The molecule has 0 radical (unpaired) electrons. The molecular weight excluding hydrogens is 326 g/mol. The smallest absolute Gasteiger partial charge is 0.314 e. The quantitative estimate of drug-likeness (QED) is 0.643. The lowest BCUT2D eigenvalue weighted by Gasteiger charge is -2.17. The monoisotopic (exact) mass is 347 g/mol. The second kappa shape index (κ2) is 9.90. The summed E-state index contributed by atoms with van der Waals surface area (Å²) in [5, 5.41) is 15.4. The van der Waals surface area contributed by atoms with Gasteiger partial charge in [0.25, 0.3) is 0 Å². The third-order valence-electron chi connectivity index (χ3n) is 3.75. The van der Waals surface area contributed by atoms with E-state index in [9.17, 15) is 9.90 Å². The summed E-state index contributed by atoms with van der Waals surface area (Å²) in [7, 11) is 0. The minimum atomic E-state index is -0.212. The van der Waals surface area contributed by atoms with Crippen LogP contribution in [0.2, 0.25) is 5.15 Å². The van der Waals surface area contributed by atoms with E-state index in [2.05, 4.69) is 15.6 Å². The van der Waals surface area contributed by atoms with Crippen molar-refractivity contribution in [2.75, 3.05) is 19.7 Å². The number of halogens is 1. The van der Waals surface area contributed by atoms with Crippen molar-refractivity contribution in [2.45, 2.75) is 18.8 Å². The summed E-state index contributed by atoms with van der Waals surface area (Å²) in [6.45, 7) is 1.09. The van der Waals surface area contributed by atoms with Gasteiger partial charge >= 0.3 is 6.03 Å².